The van der Waals surface area contributed by atoms with E-state index in [-0.39, 0.29) is 13.1 Å². The molecule has 1 aromatic rings. The van der Waals surface area contributed by atoms with E-state index in [0.717, 1.165) is 0 Å². The highest BCUT2D eigenvalue weighted by atomic mass is 16.4. The monoisotopic (exact) mass is 268 g/mol. The van der Waals surface area contributed by atoms with Crippen molar-refractivity contribution in [3.05, 3.63) is 24.2 Å². The van der Waals surface area contributed by atoms with Crippen molar-refractivity contribution in [2.24, 2.45) is 5.41 Å². The largest absolute Gasteiger partial charge is 0.481 e. The number of hydrogen-bond acceptors (Lipinski definition) is 3. The molecule has 0 aliphatic heterocycles. The van der Waals surface area contributed by atoms with E-state index < -0.39 is 17.4 Å². The van der Waals surface area contributed by atoms with E-state index in [9.17, 15) is 14.7 Å². The summed E-state index contributed by atoms with van der Waals surface area (Å²) in [7, 11) is 0. The molecule has 0 atom stereocenters. The molecule has 0 saturated carbocycles. The van der Waals surface area contributed by atoms with E-state index in [1.807, 2.05) is 0 Å². The van der Waals surface area contributed by atoms with Gasteiger partial charge in [-0.15, -0.1) is 0 Å². The van der Waals surface area contributed by atoms with Crippen LogP contribution in [0.3, 0.4) is 0 Å². The van der Waals surface area contributed by atoms with E-state index in [1.54, 1.807) is 26.0 Å². The number of aliphatic carboxylic acids is 1. The van der Waals surface area contributed by atoms with Crippen molar-refractivity contribution in [3.63, 3.8) is 0 Å². The third-order valence-electron chi connectivity index (χ3n) is 3.40. The molecular weight excluding hydrogens is 248 g/mol. The van der Waals surface area contributed by atoms with E-state index in [4.69, 9.17) is 4.42 Å². The van der Waals surface area contributed by atoms with E-state index in [0.29, 0.717) is 18.6 Å². The number of carboxylic acids is 1. The van der Waals surface area contributed by atoms with Crippen molar-refractivity contribution in [3.8, 4) is 0 Å². The van der Waals surface area contributed by atoms with Gasteiger partial charge in [-0.1, -0.05) is 13.8 Å². The Labute approximate surface area is 112 Å². The highest BCUT2D eigenvalue weighted by Crippen LogP contribution is 2.25. The fourth-order valence-electron chi connectivity index (χ4n) is 1.77. The number of hydrogen-bond donors (Lipinski definition) is 3. The summed E-state index contributed by atoms with van der Waals surface area (Å²) in [5.74, 6) is -0.241. The first kappa shape index (κ1) is 15.1. The molecule has 6 heteroatoms. The first-order valence-electron chi connectivity index (χ1n) is 6.31. The normalized spacial score (nSPS) is 11.1. The molecule has 19 heavy (non-hydrogen) atoms. The molecule has 1 rings (SSSR count). The Hall–Kier alpha value is -1.98. The predicted octanol–water partition coefficient (Wildman–Crippen LogP) is 1.97. The zero-order valence-electron chi connectivity index (χ0n) is 11.2. The summed E-state index contributed by atoms with van der Waals surface area (Å²) in [5.41, 5.74) is -0.901. The topological polar surface area (TPSA) is 91.6 Å². The van der Waals surface area contributed by atoms with Crippen molar-refractivity contribution in [1.82, 2.24) is 10.6 Å². The molecule has 0 aliphatic carbocycles. The Bertz CT molecular complexity index is 410. The van der Waals surface area contributed by atoms with Crippen molar-refractivity contribution in [1.29, 1.82) is 0 Å². The molecule has 1 aromatic heterocycles. The Morgan fingerprint density at radius 1 is 1.32 bits per heavy atom. The Kier molecular flexibility index (Phi) is 5.41. The SMILES string of the molecule is CCC(CC)(CNC(=O)NCc1ccco1)C(=O)O. The number of amides is 2. The summed E-state index contributed by atoms with van der Waals surface area (Å²) in [5, 5.41) is 14.4. The van der Waals surface area contributed by atoms with Crippen LogP contribution in [0.1, 0.15) is 32.4 Å². The highest BCUT2D eigenvalue weighted by molar-refractivity contribution is 5.78. The first-order valence-corrected chi connectivity index (χ1v) is 6.31. The molecule has 1 heterocycles. The van der Waals surface area contributed by atoms with E-state index in [2.05, 4.69) is 10.6 Å². The molecule has 0 saturated heterocycles. The lowest BCUT2D eigenvalue weighted by atomic mass is 9.82. The van der Waals surface area contributed by atoms with Crippen molar-refractivity contribution in [2.45, 2.75) is 33.2 Å². The summed E-state index contributed by atoms with van der Waals surface area (Å²) in [6.45, 7) is 4.00. The molecule has 0 bridgehead atoms. The average Bonchev–Trinajstić information content (AvgIpc) is 2.91. The number of carbonyl (C=O) groups excluding carboxylic acids is 1. The number of carboxylic acid groups (broad SMARTS) is 1. The van der Waals surface area contributed by atoms with Gasteiger partial charge in [0, 0.05) is 6.54 Å². The van der Waals surface area contributed by atoms with Crippen LogP contribution in [0.25, 0.3) is 0 Å². The van der Waals surface area contributed by atoms with Gasteiger partial charge >= 0.3 is 12.0 Å². The summed E-state index contributed by atoms with van der Waals surface area (Å²) in [4.78, 5) is 22.8. The Morgan fingerprint density at radius 3 is 2.47 bits per heavy atom. The van der Waals surface area contributed by atoms with Gasteiger partial charge in [0.1, 0.15) is 5.76 Å². The van der Waals surface area contributed by atoms with Crippen LogP contribution in [0.4, 0.5) is 4.79 Å². The number of nitrogens with one attached hydrogen (secondary N) is 2. The number of rotatable bonds is 7. The van der Waals surface area contributed by atoms with Crippen LogP contribution < -0.4 is 10.6 Å². The molecule has 2 amide bonds. The second kappa shape index (κ2) is 6.82. The fourth-order valence-corrected chi connectivity index (χ4v) is 1.77. The Morgan fingerprint density at radius 2 is 2.00 bits per heavy atom. The molecule has 0 unspecified atom stereocenters. The number of carbonyl (C=O) groups is 2. The van der Waals surface area contributed by atoms with Crippen LogP contribution in [0.2, 0.25) is 0 Å². The maximum atomic E-state index is 11.6. The fraction of sp³-hybridized carbons (Fsp3) is 0.538. The minimum atomic E-state index is -0.901. The van der Waals surface area contributed by atoms with Crippen molar-refractivity contribution in [2.75, 3.05) is 6.54 Å². The van der Waals surface area contributed by atoms with Crippen LogP contribution in [0, 0.1) is 5.41 Å². The molecule has 0 fully saturated rings. The lowest BCUT2D eigenvalue weighted by molar-refractivity contribution is -0.149. The predicted molar refractivity (Wildman–Crippen MR) is 69.6 cm³/mol. The van der Waals surface area contributed by atoms with E-state index >= 15 is 0 Å². The summed E-state index contributed by atoms with van der Waals surface area (Å²) in [6.07, 6.45) is 2.47. The summed E-state index contributed by atoms with van der Waals surface area (Å²) >= 11 is 0. The first-order chi connectivity index (χ1) is 9.04. The van der Waals surface area contributed by atoms with Gasteiger partial charge in [0.05, 0.1) is 18.2 Å². The average molecular weight is 268 g/mol. The van der Waals surface area contributed by atoms with Crippen molar-refractivity contribution < 1.29 is 19.1 Å². The lowest BCUT2D eigenvalue weighted by Gasteiger charge is -2.26. The number of furan rings is 1. The minimum Gasteiger partial charge on any atom is -0.481 e. The minimum absolute atomic E-state index is 0.110. The molecule has 106 valence electrons. The van der Waals surface area contributed by atoms with Gasteiger partial charge < -0.3 is 20.2 Å². The van der Waals surface area contributed by atoms with Gasteiger partial charge in [0.25, 0.3) is 0 Å². The van der Waals surface area contributed by atoms with Gasteiger partial charge in [0.2, 0.25) is 0 Å². The second-order valence-corrected chi connectivity index (χ2v) is 4.41. The molecule has 0 spiro atoms. The smallest absolute Gasteiger partial charge is 0.315 e. The van der Waals surface area contributed by atoms with Gasteiger partial charge in [-0.05, 0) is 25.0 Å². The third-order valence-corrected chi connectivity index (χ3v) is 3.40. The maximum absolute atomic E-state index is 11.6. The van der Waals surface area contributed by atoms with Gasteiger partial charge in [-0.2, -0.15) is 0 Å². The molecule has 3 N–H and O–H groups in total. The second-order valence-electron chi connectivity index (χ2n) is 4.41. The van der Waals surface area contributed by atoms with Crippen LogP contribution >= 0.6 is 0 Å². The van der Waals surface area contributed by atoms with Crippen molar-refractivity contribution >= 4 is 12.0 Å². The maximum Gasteiger partial charge on any atom is 0.315 e. The van der Waals surface area contributed by atoms with Crippen LogP contribution in [0.15, 0.2) is 22.8 Å². The molecule has 0 aliphatic rings. The van der Waals surface area contributed by atoms with Gasteiger partial charge in [-0.25, -0.2) is 4.79 Å². The summed E-state index contributed by atoms with van der Waals surface area (Å²) in [6, 6.07) is 3.09. The van der Waals surface area contributed by atoms with E-state index in [1.165, 1.54) is 6.26 Å². The zero-order chi connectivity index (χ0) is 14.3. The molecule has 6 nitrogen and oxygen atoms in total. The standard InChI is InChI=1S/C13H20N2O4/c1-3-13(4-2,11(16)17)9-15-12(18)14-8-10-6-5-7-19-10/h5-7H,3-4,8-9H2,1-2H3,(H,16,17)(H2,14,15,18). The Balaban J connectivity index is 2.42. The van der Waals surface area contributed by atoms with Crippen LogP contribution in [-0.2, 0) is 11.3 Å². The molecular formula is C13H20N2O4. The zero-order valence-corrected chi connectivity index (χ0v) is 11.2. The molecule has 0 radical (unpaired) electrons. The van der Waals surface area contributed by atoms with Crippen LogP contribution in [-0.4, -0.2) is 23.7 Å². The molecule has 0 aromatic carbocycles. The van der Waals surface area contributed by atoms with Crippen LogP contribution in [0.5, 0.6) is 0 Å². The van der Waals surface area contributed by atoms with Gasteiger partial charge in [0.15, 0.2) is 0 Å². The highest BCUT2D eigenvalue weighted by Gasteiger charge is 2.35. The quantitative estimate of drug-likeness (QED) is 0.705. The number of urea groups is 1. The third kappa shape index (κ3) is 4.01. The summed E-state index contributed by atoms with van der Waals surface area (Å²) < 4.78 is 5.07. The lowest BCUT2D eigenvalue weighted by Crippen LogP contribution is -2.45. The van der Waals surface area contributed by atoms with Gasteiger partial charge in [-0.3, -0.25) is 4.79 Å².